The second-order valence-electron chi connectivity index (χ2n) is 3.11. The minimum absolute atomic E-state index is 0.160. The number of benzene rings is 1. The first kappa shape index (κ1) is 13.1. The van der Waals surface area contributed by atoms with Crippen LogP contribution in [0.5, 0.6) is 0 Å². The molecular weight excluding hydrogens is 297 g/mol. The smallest absolute Gasteiger partial charge is 0.258 e. The van der Waals surface area contributed by atoms with E-state index in [-0.39, 0.29) is 15.9 Å². The monoisotopic (exact) mass is 301 g/mol. The number of halogens is 2. The zero-order chi connectivity index (χ0) is 13.1. The highest BCUT2D eigenvalue weighted by molar-refractivity contribution is 7.99. The lowest BCUT2D eigenvalue weighted by atomic mass is 10.4. The fourth-order valence-corrected chi connectivity index (χ4v) is 2.60. The molecule has 0 bridgehead atoms. The van der Waals surface area contributed by atoms with Crippen molar-refractivity contribution in [1.29, 1.82) is 0 Å². The van der Waals surface area contributed by atoms with E-state index in [4.69, 9.17) is 23.2 Å². The minimum Gasteiger partial charge on any atom is -0.258 e. The maximum Gasteiger partial charge on any atom is 0.338 e. The number of nitrogens with zero attached hydrogens (tertiary/aromatic N) is 3. The van der Waals surface area contributed by atoms with E-state index in [9.17, 15) is 10.1 Å². The summed E-state index contributed by atoms with van der Waals surface area (Å²) in [6.45, 7) is 0. The molecule has 0 saturated carbocycles. The molecule has 8 heteroatoms. The lowest BCUT2D eigenvalue weighted by molar-refractivity contribution is -0.388. The first-order chi connectivity index (χ1) is 8.59. The van der Waals surface area contributed by atoms with Crippen LogP contribution >= 0.6 is 35.0 Å². The maximum atomic E-state index is 10.9. The Morgan fingerprint density at radius 3 is 2.61 bits per heavy atom. The summed E-state index contributed by atoms with van der Waals surface area (Å²) in [5, 5.41) is 11.4. The van der Waals surface area contributed by atoms with Crippen molar-refractivity contribution in [3.63, 3.8) is 0 Å². The van der Waals surface area contributed by atoms with Crippen LogP contribution in [-0.4, -0.2) is 14.9 Å². The van der Waals surface area contributed by atoms with Crippen LogP contribution in [0.4, 0.5) is 5.69 Å². The molecule has 1 heterocycles. The molecule has 0 aliphatic heterocycles. The van der Waals surface area contributed by atoms with E-state index in [0.29, 0.717) is 9.92 Å². The van der Waals surface area contributed by atoms with Crippen molar-refractivity contribution in [2.75, 3.05) is 0 Å². The first-order valence-corrected chi connectivity index (χ1v) is 6.24. The summed E-state index contributed by atoms with van der Waals surface area (Å²) < 4.78 is 0. The topological polar surface area (TPSA) is 68.9 Å². The summed E-state index contributed by atoms with van der Waals surface area (Å²) in [5.74, 6) is 0. The second kappa shape index (κ2) is 5.51. The highest BCUT2D eigenvalue weighted by Gasteiger charge is 2.22. The normalized spacial score (nSPS) is 10.3. The molecule has 0 saturated heterocycles. The molecule has 0 fully saturated rings. The zero-order valence-corrected chi connectivity index (χ0v) is 11.0. The van der Waals surface area contributed by atoms with Gasteiger partial charge in [-0.05, 0) is 12.1 Å². The van der Waals surface area contributed by atoms with Gasteiger partial charge < -0.3 is 0 Å². The van der Waals surface area contributed by atoms with Crippen molar-refractivity contribution in [1.82, 2.24) is 9.97 Å². The highest BCUT2D eigenvalue weighted by atomic mass is 35.5. The minimum atomic E-state index is -0.610. The largest absolute Gasteiger partial charge is 0.338 e. The molecular formula is C10H5Cl2N3O2S. The summed E-state index contributed by atoms with van der Waals surface area (Å²) >= 11 is 12.7. The van der Waals surface area contributed by atoms with E-state index in [1.165, 1.54) is 6.33 Å². The van der Waals surface area contributed by atoms with Gasteiger partial charge >= 0.3 is 5.69 Å². The van der Waals surface area contributed by atoms with Crippen LogP contribution in [0, 0.1) is 10.1 Å². The van der Waals surface area contributed by atoms with Crippen molar-refractivity contribution in [2.24, 2.45) is 0 Å². The molecule has 1 aromatic heterocycles. The van der Waals surface area contributed by atoms with Crippen molar-refractivity contribution in [3.8, 4) is 0 Å². The average molecular weight is 302 g/mol. The van der Waals surface area contributed by atoms with Crippen molar-refractivity contribution >= 4 is 40.7 Å². The third kappa shape index (κ3) is 2.72. The Bertz CT molecular complexity index is 609. The number of nitro groups is 1. The molecule has 2 rings (SSSR count). The summed E-state index contributed by atoms with van der Waals surface area (Å²) in [6.07, 6.45) is 1.18. The fraction of sp³-hybridized carbons (Fsp3) is 0. The number of rotatable bonds is 3. The van der Waals surface area contributed by atoms with Crippen LogP contribution in [0.25, 0.3) is 0 Å². The maximum absolute atomic E-state index is 10.9. The van der Waals surface area contributed by atoms with Crippen LogP contribution in [0.15, 0.2) is 40.5 Å². The third-order valence-corrected chi connectivity index (χ3v) is 3.76. The first-order valence-electron chi connectivity index (χ1n) is 4.67. The Morgan fingerprint density at radius 2 is 1.94 bits per heavy atom. The molecule has 0 atom stereocenters. The lowest BCUT2D eigenvalue weighted by Crippen LogP contribution is -1.96. The van der Waals surface area contributed by atoms with Gasteiger partial charge in [-0.15, -0.1) is 0 Å². The number of hydrogen-bond donors (Lipinski definition) is 0. The molecule has 0 aliphatic rings. The van der Waals surface area contributed by atoms with E-state index in [0.717, 1.165) is 11.8 Å². The Kier molecular flexibility index (Phi) is 4.00. The molecule has 1 aromatic carbocycles. The van der Waals surface area contributed by atoms with E-state index in [1.54, 1.807) is 24.3 Å². The fourth-order valence-electron chi connectivity index (χ4n) is 1.20. The summed E-state index contributed by atoms with van der Waals surface area (Å²) in [5.41, 5.74) is -0.316. The van der Waals surface area contributed by atoms with Gasteiger partial charge in [0.15, 0.2) is 5.03 Å². The third-order valence-electron chi connectivity index (χ3n) is 1.97. The van der Waals surface area contributed by atoms with Gasteiger partial charge in [-0.1, -0.05) is 47.1 Å². The summed E-state index contributed by atoms with van der Waals surface area (Å²) in [7, 11) is 0. The van der Waals surface area contributed by atoms with Crippen molar-refractivity contribution < 1.29 is 4.92 Å². The quantitative estimate of drug-likeness (QED) is 0.489. The molecule has 0 radical (unpaired) electrons. The van der Waals surface area contributed by atoms with Crippen LogP contribution in [0.3, 0.4) is 0 Å². The zero-order valence-electron chi connectivity index (χ0n) is 8.71. The van der Waals surface area contributed by atoms with Gasteiger partial charge in [-0.3, -0.25) is 10.1 Å². The van der Waals surface area contributed by atoms with Crippen molar-refractivity contribution in [3.05, 3.63) is 50.9 Å². The molecule has 92 valence electrons. The predicted octanol–water partition coefficient (Wildman–Crippen LogP) is 3.84. The standard InChI is InChI=1S/C10H5Cl2N3O2S/c11-6-3-1-2-4-7(6)18-10-8(15(16)17)9(12)13-5-14-10/h1-5H. The molecule has 0 N–H and O–H groups in total. The number of aromatic nitrogens is 2. The predicted molar refractivity (Wildman–Crippen MR) is 69.3 cm³/mol. The molecule has 5 nitrogen and oxygen atoms in total. The second-order valence-corrected chi connectivity index (χ2v) is 4.90. The van der Waals surface area contributed by atoms with Crippen LogP contribution in [0.1, 0.15) is 0 Å². The Hall–Kier alpha value is -1.37. The van der Waals surface area contributed by atoms with Crippen LogP contribution in [0.2, 0.25) is 10.2 Å². The van der Waals surface area contributed by atoms with Gasteiger partial charge in [0.05, 0.1) is 9.95 Å². The van der Waals surface area contributed by atoms with Gasteiger partial charge in [0.2, 0.25) is 5.15 Å². The molecule has 18 heavy (non-hydrogen) atoms. The van der Waals surface area contributed by atoms with E-state index < -0.39 is 4.92 Å². The van der Waals surface area contributed by atoms with Gasteiger partial charge in [0.25, 0.3) is 0 Å². The molecule has 0 amide bonds. The summed E-state index contributed by atoms with van der Waals surface area (Å²) in [6, 6.07) is 6.99. The van der Waals surface area contributed by atoms with Crippen LogP contribution in [-0.2, 0) is 0 Å². The molecule has 0 spiro atoms. The van der Waals surface area contributed by atoms with Gasteiger partial charge in [-0.25, -0.2) is 9.97 Å². The van der Waals surface area contributed by atoms with Gasteiger partial charge in [0, 0.05) is 4.90 Å². The number of hydrogen-bond acceptors (Lipinski definition) is 5. The van der Waals surface area contributed by atoms with E-state index >= 15 is 0 Å². The van der Waals surface area contributed by atoms with Gasteiger partial charge in [-0.2, -0.15) is 0 Å². The van der Waals surface area contributed by atoms with Crippen molar-refractivity contribution in [2.45, 2.75) is 9.92 Å². The Labute approximate surface area is 116 Å². The van der Waals surface area contributed by atoms with E-state index in [1.807, 2.05) is 0 Å². The lowest BCUT2D eigenvalue weighted by Gasteiger charge is -2.03. The average Bonchev–Trinajstić information content (AvgIpc) is 2.31. The molecule has 0 aliphatic carbocycles. The Balaban J connectivity index is 2.44. The van der Waals surface area contributed by atoms with Gasteiger partial charge in [0.1, 0.15) is 6.33 Å². The molecule has 2 aromatic rings. The van der Waals surface area contributed by atoms with E-state index in [2.05, 4.69) is 9.97 Å². The Morgan fingerprint density at radius 1 is 1.22 bits per heavy atom. The summed E-state index contributed by atoms with van der Waals surface area (Å²) in [4.78, 5) is 18.4. The SMILES string of the molecule is O=[N+]([O-])c1c(Cl)ncnc1Sc1ccccc1Cl. The molecule has 0 unspecified atom stereocenters. The highest BCUT2D eigenvalue weighted by Crippen LogP contribution is 2.38. The van der Waals surface area contributed by atoms with Crippen LogP contribution < -0.4 is 0 Å².